The maximum Gasteiger partial charge on any atom is 0.244 e. The summed E-state index contributed by atoms with van der Waals surface area (Å²) in [6.45, 7) is 0.904. The van der Waals surface area contributed by atoms with Gasteiger partial charge in [-0.3, -0.25) is 0 Å². The smallest absolute Gasteiger partial charge is 0.244 e. The van der Waals surface area contributed by atoms with Gasteiger partial charge in [-0.1, -0.05) is 11.6 Å². The SMILES string of the molecule is CN(CC1(O)CCOCC1)S(=O)(=O)c1ccc(Cl)nc1. The number of aliphatic hydroxyl groups is 1. The molecule has 112 valence electrons. The third-order valence-electron chi connectivity index (χ3n) is 3.35. The highest BCUT2D eigenvalue weighted by atomic mass is 35.5. The van der Waals surface area contributed by atoms with E-state index in [0.29, 0.717) is 26.1 Å². The minimum atomic E-state index is -3.68. The van der Waals surface area contributed by atoms with Gasteiger partial charge in [0.05, 0.1) is 5.60 Å². The van der Waals surface area contributed by atoms with E-state index in [1.165, 1.54) is 25.4 Å². The molecular weight excluding hydrogens is 304 g/mol. The predicted octanol–water partition coefficient (Wildman–Crippen LogP) is 0.897. The van der Waals surface area contributed by atoms with Gasteiger partial charge < -0.3 is 9.84 Å². The fraction of sp³-hybridized carbons (Fsp3) is 0.583. The molecule has 1 N–H and O–H groups in total. The van der Waals surface area contributed by atoms with E-state index in [4.69, 9.17) is 16.3 Å². The van der Waals surface area contributed by atoms with Crippen LogP contribution in [0.4, 0.5) is 0 Å². The largest absolute Gasteiger partial charge is 0.388 e. The van der Waals surface area contributed by atoms with Gasteiger partial charge in [-0.15, -0.1) is 0 Å². The van der Waals surface area contributed by atoms with E-state index in [1.807, 2.05) is 0 Å². The lowest BCUT2D eigenvalue weighted by Crippen LogP contribution is -2.47. The molecular formula is C12H17ClN2O4S. The van der Waals surface area contributed by atoms with Crippen molar-refractivity contribution in [1.82, 2.24) is 9.29 Å². The summed E-state index contributed by atoms with van der Waals surface area (Å²) < 4.78 is 31.0. The Morgan fingerprint density at radius 1 is 1.45 bits per heavy atom. The molecule has 2 heterocycles. The number of halogens is 1. The fourth-order valence-electron chi connectivity index (χ4n) is 2.10. The maximum atomic E-state index is 12.4. The first-order valence-corrected chi connectivity index (χ1v) is 8.03. The molecule has 0 spiro atoms. The molecule has 0 saturated carbocycles. The molecule has 6 nitrogen and oxygen atoms in total. The zero-order valence-electron chi connectivity index (χ0n) is 11.1. The molecule has 0 aliphatic carbocycles. The van der Waals surface area contributed by atoms with Gasteiger partial charge in [0.25, 0.3) is 0 Å². The van der Waals surface area contributed by atoms with E-state index < -0.39 is 15.6 Å². The van der Waals surface area contributed by atoms with Gasteiger partial charge in [0, 0.05) is 45.8 Å². The van der Waals surface area contributed by atoms with Crippen LogP contribution in [0.25, 0.3) is 0 Å². The van der Waals surface area contributed by atoms with Crippen LogP contribution in [-0.2, 0) is 14.8 Å². The second kappa shape index (κ2) is 5.95. The second-order valence-electron chi connectivity index (χ2n) is 4.91. The van der Waals surface area contributed by atoms with Crippen molar-refractivity contribution in [3.8, 4) is 0 Å². The molecule has 8 heteroatoms. The van der Waals surface area contributed by atoms with Gasteiger partial charge >= 0.3 is 0 Å². The topological polar surface area (TPSA) is 79.7 Å². The van der Waals surface area contributed by atoms with Crippen LogP contribution in [-0.4, -0.2) is 55.2 Å². The van der Waals surface area contributed by atoms with Crippen molar-refractivity contribution in [3.05, 3.63) is 23.5 Å². The van der Waals surface area contributed by atoms with Crippen LogP contribution in [0.2, 0.25) is 5.15 Å². The highest BCUT2D eigenvalue weighted by molar-refractivity contribution is 7.89. The summed E-state index contributed by atoms with van der Waals surface area (Å²) in [4.78, 5) is 3.82. The molecule has 0 aromatic carbocycles. The van der Waals surface area contributed by atoms with E-state index in [2.05, 4.69) is 4.98 Å². The molecule has 0 unspecified atom stereocenters. The normalized spacial score (nSPS) is 19.2. The Labute approximate surface area is 123 Å². The Morgan fingerprint density at radius 3 is 2.65 bits per heavy atom. The lowest BCUT2D eigenvalue weighted by molar-refractivity contribution is -0.0689. The number of hydrogen-bond donors (Lipinski definition) is 1. The Hall–Kier alpha value is -0.730. The molecule has 1 aromatic rings. The number of ether oxygens (including phenoxy) is 1. The number of sulfonamides is 1. The van der Waals surface area contributed by atoms with Gasteiger partial charge in [0.1, 0.15) is 10.0 Å². The van der Waals surface area contributed by atoms with E-state index in [-0.39, 0.29) is 16.6 Å². The van der Waals surface area contributed by atoms with E-state index in [0.717, 1.165) is 4.31 Å². The first-order valence-electron chi connectivity index (χ1n) is 6.22. The van der Waals surface area contributed by atoms with Crippen LogP contribution in [0.3, 0.4) is 0 Å². The number of likely N-dealkylation sites (N-methyl/N-ethyl adjacent to an activating group) is 1. The lowest BCUT2D eigenvalue weighted by atomic mass is 9.95. The molecule has 1 fully saturated rings. The third kappa shape index (κ3) is 3.48. The predicted molar refractivity (Wildman–Crippen MR) is 74.1 cm³/mol. The van der Waals surface area contributed by atoms with Crippen molar-refractivity contribution in [2.24, 2.45) is 0 Å². The third-order valence-corrected chi connectivity index (χ3v) is 5.36. The van der Waals surface area contributed by atoms with Gasteiger partial charge in [0.15, 0.2) is 0 Å². The number of nitrogens with zero attached hydrogens (tertiary/aromatic N) is 2. The van der Waals surface area contributed by atoms with E-state index in [9.17, 15) is 13.5 Å². The average molecular weight is 321 g/mol. The number of aromatic nitrogens is 1. The van der Waals surface area contributed by atoms with Crippen LogP contribution in [0.1, 0.15) is 12.8 Å². The molecule has 1 aliphatic heterocycles. The Balaban J connectivity index is 2.14. The van der Waals surface area contributed by atoms with E-state index in [1.54, 1.807) is 0 Å². The van der Waals surface area contributed by atoms with Crippen LogP contribution in [0, 0.1) is 0 Å². The first kappa shape index (κ1) is 15.7. The van der Waals surface area contributed by atoms with Gasteiger partial charge in [-0.05, 0) is 12.1 Å². The summed E-state index contributed by atoms with van der Waals surface area (Å²) >= 11 is 5.65. The summed E-state index contributed by atoms with van der Waals surface area (Å²) in [7, 11) is -2.24. The molecule has 0 radical (unpaired) electrons. The minimum absolute atomic E-state index is 0.0291. The number of hydrogen-bond acceptors (Lipinski definition) is 5. The van der Waals surface area contributed by atoms with E-state index >= 15 is 0 Å². The summed E-state index contributed by atoms with van der Waals surface area (Å²) in [5.74, 6) is 0. The van der Waals surface area contributed by atoms with Crippen molar-refractivity contribution in [2.75, 3.05) is 26.8 Å². The zero-order chi connectivity index (χ0) is 14.8. The molecule has 1 saturated heterocycles. The highest BCUT2D eigenvalue weighted by Gasteiger charge is 2.35. The Bertz CT molecular complexity index is 555. The monoisotopic (exact) mass is 320 g/mol. The van der Waals surface area contributed by atoms with Crippen molar-refractivity contribution in [3.63, 3.8) is 0 Å². The molecule has 1 aliphatic rings. The minimum Gasteiger partial charge on any atom is -0.388 e. The first-order chi connectivity index (χ1) is 9.33. The molecule has 1 aromatic heterocycles. The lowest BCUT2D eigenvalue weighted by Gasteiger charge is -2.34. The highest BCUT2D eigenvalue weighted by Crippen LogP contribution is 2.24. The van der Waals surface area contributed by atoms with Gasteiger partial charge in [-0.25, -0.2) is 13.4 Å². The summed E-state index contributed by atoms with van der Waals surface area (Å²) in [6.07, 6.45) is 2.06. The van der Waals surface area contributed by atoms with Crippen LogP contribution in [0.5, 0.6) is 0 Å². The molecule has 0 atom stereocenters. The standard InChI is InChI=1S/C12H17ClN2O4S/c1-15(9-12(16)4-6-19-7-5-12)20(17,18)10-2-3-11(13)14-8-10/h2-3,8,16H,4-7,9H2,1H3. The van der Waals surface area contributed by atoms with Crippen molar-refractivity contribution in [2.45, 2.75) is 23.3 Å². The molecule has 0 bridgehead atoms. The fourth-order valence-corrected chi connectivity index (χ4v) is 3.41. The van der Waals surface area contributed by atoms with Crippen LogP contribution >= 0.6 is 11.6 Å². The number of pyridine rings is 1. The summed E-state index contributed by atoms with van der Waals surface area (Å²) in [6, 6.07) is 2.82. The van der Waals surface area contributed by atoms with Crippen molar-refractivity contribution in [1.29, 1.82) is 0 Å². The van der Waals surface area contributed by atoms with Crippen LogP contribution in [0.15, 0.2) is 23.2 Å². The quantitative estimate of drug-likeness (QED) is 0.834. The Kier molecular flexibility index (Phi) is 4.66. The van der Waals surface area contributed by atoms with Crippen molar-refractivity contribution < 1.29 is 18.3 Å². The Morgan fingerprint density at radius 2 is 2.10 bits per heavy atom. The average Bonchev–Trinajstić information content (AvgIpc) is 2.39. The molecule has 2 rings (SSSR count). The van der Waals surface area contributed by atoms with Gasteiger partial charge in [-0.2, -0.15) is 4.31 Å². The molecule has 20 heavy (non-hydrogen) atoms. The zero-order valence-corrected chi connectivity index (χ0v) is 12.7. The number of rotatable bonds is 4. The second-order valence-corrected chi connectivity index (χ2v) is 7.35. The maximum absolute atomic E-state index is 12.4. The van der Waals surface area contributed by atoms with Crippen LogP contribution < -0.4 is 0 Å². The van der Waals surface area contributed by atoms with Gasteiger partial charge in [0.2, 0.25) is 10.0 Å². The molecule has 0 amide bonds. The summed E-state index contributed by atoms with van der Waals surface area (Å²) in [5.41, 5.74) is -1.04. The van der Waals surface area contributed by atoms with Crippen molar-refractivity contribution >= 4 is 21.6 Å². The summed E-state index contributed by atoms with van der Waals surface area (Å²) in [5, 5.41) is 10.6.